The van der Waals surface area contributed by atoms with Crippen LogP contribution in [0.2, 0.25) is 0 Å². The molecular weight excluding hydrogens is 717 g/mol. The molecule has 1 aliphatic carbocycles. The second kappa shape index (κ2) is 11.8. The Kier molecular flexibility index (Phi) is 6.54. The molecule has 0 spiro atoms. The molecule has 0 unspecified atom stereocenters. The molecule has 1 aliphatic rings. The van der Waals surface area contributed by atoms with Crippen LogP contribution in [0.5, 0.6) is 0 Å². The Balaban J connectivity index is 1.05. The van der Waals surface area contributed by atoms with Gasteiger partial charge in [-0.1, -0.05) is 166 Å². The topological polar surface area (TPSA) is 26.3 Å². The van der Waals surface area contributed by atoms with E-state index < -0.39 is 0 Å². The summed E-state index contributed by atoms with van der Waals surface area (Å²) in [6, 6.07) is 66.3. The number of fused-ring (bicyclic) bond motifs is 13. The summed E-state index contributed by atoms with van der Waals surface area (Å²) >= 11 is 0. The third-order valence-corrected chi connectivity index (χ3v) is 13.2. The SMILES string of the molecule is CC1(C)c2ccc(-c3c4oc5ccc6ccccc6c5c4cc4oc5ccccc5c34)cc2-c2ccc(-c3c4ccccc4c(-c4ccccc4)c4ccccc34)cc21. The van der Waals surface area contributed by atoms with Crippen molar-refractivity contribution in [3.05, 3.63) is 193 Å². The number of hydrogen-bond donors (Lipinski definition) is 0. The standard InChI is InChI=1S/C57H36O2/c1-57(2)46-28-25-35(53-55-43-22-12-13-23-48(43)58-50(55)32-45-54-37-17-7-6-14-33(37)26-29-49(54)59-56(45)53)30-44(46)38-27-24-36(31-47(38)57)52-41-20-10-8-18-39(41)51(34-15-4-3-5-16-34)40-19-9-11-21-42(40)52/h3-32H,1-2H3. The van der Waals surface area contributed by atoms with E-state index in [9.17, 15) is 0 Å². The Morgan fingerprint density at radius 3 is 1.69 bits per heavy atom. The van der Waals surface area contributed by atoms with E-state index in [-0.39, 0.29) is 5.41 Å². The number of rotatable bonds is 3. The van der Waals surface area contributed by atoms with Gasteiger partial charge in [0.1, 0.15) is 22.3 Å². The van der Waals surface area contributed by atoms with Crippen LogP contribution in [-0.4, -0.2) is 0 Å². The Morgan fingerprint density at radius 1 is 0.339 bits per heavy atom. The average Bonchev–Trinajstić information content (AvgIpc) is 3.92. The Hall–Kier alpha value is -7.42. The van der Waals surface area contributed by atoms with Crippen LogP contribution in [0.25, 0.3) is 121 Å². The smallest absolute Gasteiger partial charge is 0.144 e. The van der Waals surface area contributed by atoms with E-state index in [0.717, 1.165) is 55.0 Å². The third kappa shape index (κ3) is 4.46. The third-order valence-electron chi connectivity index (χ3n) is 13.2. The lowest BCUT2D eigenvalue weighted by Gasteiger charge is -2.23. The van der Waals surface area contributed by atoms with Gasteiger partial charge in [-0.15, -0.1) is 0 Å². The second-order valence-corrected chi connectivity index (χ2v) is 16.7. The van der Waals surface area contributed by atoms with Crippen molar-refractivity contribution in [2.75, 3.05) is 0 Å². The number of benzene rings is 10. The Bertz CT molecular complexity index is 3690. The minimum Gasteiger partial charge on any atom is -0.456 e. The largest absolute Gasteiger partial charge is 0.456 e. The van der Waals surface area contributed by atoms with Crippen molar-refractivity contribution in [2.24, 2.45) is 0 Å². The fraction of sp³-hybridized carbons (Fsp3) is 0.0526. The average molecular weight is 753 g/mol. The number of furan rings is 2. The van der Waals surface area contributed by atoms with Gasteiger partial charge >= 0.3 is 0 Å². The molecule has 13 rings (SSSR count). The maximum Gasteiger partial charge on any atom is 0.144 e. The lowest BCUT2D eigenvalue weighted by molar-refractivity contribution is 0.660. The monoisotopic (exact) mass is 752 g/mol. The highest BCUT2D eigenvalue weighted by atomic mass is 16.3. The molecule has 0 saturated heterocycles. The quantitative estimate of drug-likeness (QED) is 0.168. The molecule has 12 aromatic rings. The molecule has 59 heavy (non-hydrogen) atoms. The summed E-state index contributed by atoms with van der Waals surface area (Å²) in [4.78, 5) is 0. The minimum atomic E-state index is -0.212. The molecule has 0 radical (unpaired) electrons. The van der Waals surface area contributed by atoms with Gasteiger partial charge in [0.05, 0.1) is 0 Å². The van der Waals surface area contributed by atoms with Crippen LogP contribution < -0.4 is 0 Å². The maximum atomic E-state index is 6.93. The van der Waals surface area contributed by atoms with Gasteiger partial charge in [-0.25, -0.2) is 0 Å². The first-order chi connectivity index (χ1) is 29.0. The summed E-state index contributed by atoms with van der Waals surface area (Å²) in [5.41, 5.74) is 15.8. The molecule has 0 amide bonds. The first kappa shape index (κ1) is 32.6. The maximum absolute atomic E-state index is 6.93. The first-order valence-corrected chi connectivity index (χ1v) is 20.5. The molecule has 0 saturated carbocycles. The van der Waals surface area contributed by atoms with Gasteiger partial charge in [0.15, 0.2) is 0 Å². The minimum absolute atomic E-state index is 0.212. The normalized spacial score (nSPS) is 13.4. The van der Waals surface area contributed by atoms with Crippen molar-refractivity contribution in [2.45, 2.75) is 19.3 Å². The van der Waals surface area contributed by atoms with E-state index in [1.165, 1.54) is 76.8 Å². The zero-order chi connectivity index (χ0) is 39.0. The molecule has 0 aliphatic heterocycles. The zero-order valence-corrected chi connectivity index (χ0v) is 32.6. The van der Waals surface area contributed by atoms with E-state index in [1.54, 1.807) is 0 Å². The summed E-state index contributed by atoms with van der Waals surface area (Å²) in [6.07, 6.45) is 0. The van der Waals surface area contributed by atoms with Crippen LogP contribution in [0.4, 0.5) is 0 Å². The van der Waals surface area contributed by atoms with Crippen LogP contribution in [0.15, 0.2) is 191 Å². The number of para-hydroxylation sites is 1. The van der Waals surface area contributed by atoms with Gasteiger partial charge < -0.3 is 8.83 Å². The van der Waals surface area contributed by atoms with E-state index in [2.05, 4.69) is 190 Å². The van der Waals surface area contributed by atoms with Crippen molar-refractivity contribution in [1.29, 1.82) is 0 Å². The predicted molar refractivity (Wildman–Crippen MR) is 247 cm³/mol. The molecule has 0 bridgehead atoms. The summed E-state index contributed by atoms with van der Waals surface area (Å²) in [6.45, 7) is 4.76. The highest BCUT2D eigenvalue weighted by molar-refractivity contribution is 6.28. The van der Waals surface area contributed by atoms with Gasteiger partial charge in [-0.05, 0) is 113 Å². The molecule has 2 heteroatoms. The molecule has 2 heterocycles. The van der Waals surface area contributed by atoms with Crippen LogP contribution >= 0.6 is 0 Å². The molecule has 0 atom stereocenters. The molecule has 2 aromatic heterocycles. The van der Waals surface area contributed by atoms with Gasteiger partial charge in [-0.3, -0.25) is 0 Å². The molecular formula is C57H36O2. The van der Waals surface area contributed by atoms with Crippen molar-refractivity contribution < 1.29 is 8.83 Å². The molecule has 10 aromatic carbocycles. The predicted octanol–water partition coefficient (Wildman–Crippen LogP) is 16.3. The summed E-state index contributed by atoms with van der Waals surface area (Å²) < 4.78 is 13.6. The summed E-state index contributed by atoms with van der Waals surface area (Å²) in [5.74, 6) is 0. The van der Waals surface area contributed by atoms with Crippen LogP contribution in [0.1, 0.15) is 25.0 Å². The van der Waals surface area contributed by atoms with Crippen molar-refractivity contribution in [1.82, 2.24) is 0 Å². The van der Waals surface area contributed by atoms with Crippen molar-refractivity contribution in [3.63, 3.8) is 0 Å². The van der Waals surface area contributed by atoms with E-state index in [0.29, 0.717) is 0 Å². The second-order valence-electron chi connectivity index (χ2n) is 16.7. The first-order valence-electron chi connectivity index (χ1n) is 20.5. The van der Waals surface area contributed by atoms with Crippen molar-refractivity contribution >= 4 is 76.2 Å². The molecule has 2 nitrogen and oxygen atoms in total. The molecule has 0 N–H and O–H groups in total. The Morgan fingerprint density at radius 2 is 0.949 bits per heavy atom. The van der Waals surface area contributed by atoms with Gasteiger partial charge in [0.2, 0.25) is 0 Å². The lowest BCUT2D eigenvalue weighted by Crippen LogP contribution is -2.15. The molecule has 276 valence electrons. The summed E-state index contributed by atoms with van der Waals surface area (Å²) in [5, 5.41) is 11.8. The number of hydrogen-bond acceptors (Lipinski definition) is 2. The fourth-order valence-electron chi connectivity index (χ4n) is 10.6. The van der Waals surface area contributed by atoms with Gasteiger partial charge in [-0.2, -0.15) is 0 Å². The fourth-order valence-corrected chi connectivity index (χ4v) is 10.6. The van der Waals surface area contributed by atoms with E-state index >= 15 is 0 Å². The van der Waals surface area contributed by atoms with Crippen molar-refractivity contribution in [3.8, 4) is 44.5 Å². The van der Waals surface area contributed by atoms with Crippen LogP contribution in [0, 0.1) is 0 Å². The van der Waals surface area contributed by atoms with Gasteiger partial charge in [0.25, 0.3) is 0 Å². The van der Waals surface area contributed by atoms with Gasteiger partial charge in [0, 0.05) is 32.5 Å². The highest BCUT2D eigenvalue weighted by Gasteiger charge is 2.36. The lowest BCUT2D eigenvalue weighted by atomic mass is 9.80. The highest BCUT2D eigenvalue weighted by Crippen LogP contribution is 2.54. The van der Waals surface area contributed by atoms with Crippen LogP contribution in [0.3, 0.4) is 0 Å². The van der Waals surface area contributed by atoms with E-state index in [4.69, 9.17) is 8.83 Å². The zero-order valence-electron chi connectivity index (χ0n) is 32.6. The van der Waals surface area contributed by atoms with E-state index in [1.807, 2.05) is 6.07 Å². The Labute approximate surface area is 340 Å². The molecule has 0 fully saturated rings. The summed E-state index contributed by atoms with van der Waals surface area (Å²) in [7, 11) is 0. The van der Waals surface area contributed by atoms with Crippen LogP contribution in [-0.2, 0) is 5.41 Å².